The van der Waals surface area contributed by atoms with Crippen LogP contribution in [-0.2, 0) is 4.74 Å². The highest BCUT2D eigenvalue weighted by Crippen LogP contribution is 2.16. The van der Waals surface area contributed by atoms with Crippen molar-refractivity contribution in [2.75, 3.05) is 36.6 Å². The molecule has 0 aromatic carbocycles. The van der Waals surface area contributed by atoms with Crippen molar-refractivity contribution in [3.05, 3.63) is 39.8 Å². The van der Waals surface area contributed by atoms with Gasteiger partial charge in [-0.1, -0.05) is 0 Å². The second-order valence-corrected chi connectivity index (χ2v) is 5.10. The van der Waals surface area contributed by atoms with E-state index in [4.69, 9.17) is 9.15 Å². The van der Waals surface area contributed by atoms with Crippen molar-refractivity contribution in [3.8, 4) is 0 Å². The van der Waals surface area contributed by atoms with Gasteiger partial charge < -0.3 is 14.1 Å². The van der Waals surface area contributed by atoms with Crippen LogP contribution in [0.3, 0.4) is 0 Å². The normalized spacial score (nSPS) is 15.0. The van der Waals surface area contributed by atoms with Gasteiger partial charge in [0.25, 0.3) is 0 Å². The molecular formula is C14H16N6O4. The summed E-state index contributed by atoms with van der Waals surface area (Å²) in [5.41, 5.74) is 3.59. The topological polar surface area (TPSA) is 119 Å². The lowest BCUT2D eigenvalue weighted by atomic mass is 10.4. The Labute approximate surface area is 137 Å². The Hall–Kier alpha value is -3.01. The molecule has 1 N–H and O–H groups in total. The van der Waals surface area contributed by atoms with Crippen LogP contribution in [0.25, 0.3) is 0 Å². The Kier molecular flexibility index (Phi) is 4.66. The molecule has 10 nitrogen and oxygen atoms in total. The third-order valence-electron chi connectivity index (χ3n) is 3.30. The molecule has 0 unspecified atom stereocenters. The smallest absolute Gasteiger partial charge is 0.400 e. The summed E-state index contributed by atoms with van der Waals surface area (Å²) < 4.78 is 10.3. The van der Waals surface area contributed by atoms with Crippen LogP contribution in [-0.4, -0.2) is 47.4 Å². The number of hydrogen-bond donors (Lipinski definition) is 1. The first-order valence-corrected chi connectivity index (χ1v) is 7.33. The molecule has 2 aromatic rings. The third kappa shape index (κ3) is 3.84. The number of furan rings is 1. The van der Waals surface area contributed by atoms with E-state index in [-0.39, 0.29) is 11.6 Å². The minimum Gasteiger partial charge on any atom is -0.400 e. The largest absolute Gasteiger partial charge is 0.433 e. The zero-order valence-corrected chi connectivity index (χ0v) is 13.0. The van der Waals surface area contributed by atoms with E-state index in [0.717, 1.165) is 18.8 Å². The summed E-state index contributed by atoms with van der Waals surface area (Å²) >= 11 is 0. The van der Waals surface area contributed by atoms with Gasteiger partial charge in [0, 0.05) is 24.8 Å². The molecule has 0 amide bonds. The molecule has 0 saturated carbocycles. The van der Waals surface area contributed by atoms with Gasteiger partial charge in [0.1, 0.15) is 4.92 Å². The summed E-state index contributed by atoms with van der Waals surface area (Å²) in [6, 6.07) is 4.49. The molecule has 1 fully saturated rings. The number of hydrazone groups is 1. The molecule has 0 radical (unpaired) electrons. The number of aromatic nitrogens is 2. The highest BCUT2D eigenvalue weighted by atomic mass is 16.6. The molecule has 3 rings (SSSR count). The van der Waals surface area contributed by atoms with Gasteiger partial charge in [-0.15, -0.1) is 0 Å². The number of nitrogens with one attached hydrogen (secondary N) is 1. The Morgan fingerprint density at radius 1 is 1.38 bits per heavy atom. The Balaban J connectivity index is 1.68. The van der Waals surface area contributed by atoms with Crippen molar-refractivity contribution in [2.24, 2.45) is 5.10 Å². The van der Waals surface area contributed by atoms with Gasteiger partial charge >= 0.3 is 5.88 Å². The lowest BCUT2D eigenvalue weighted by Crippen LogP contribution is -2.37. The van der Waals surface area contributed by atoms with Gasteiger partial charge in [-0.05, 0) is 13.0 Å². The summed E-state index contributed by atoms with van der Waals surface area (Å²) in [7, 11) is 0. The molecule has 1 aliphatic rings. The maximum absolute atomic E-state index is 10.6. The Morgan fingerprint density at radius 3 is 2.88 bits per heavy atom. The Morgan fingerprint density at radius 2 is 2.17 bits per heavy atom. The summed E-state index contributed by atoms with van der Waals surface area (Å²) in [5.74, 6) is 1.09. The van der Waals surface area contributed by atoms with Gasteiger partial charge in [-0.2, -0.15) is 10.1 Å². The van der Waals surface area contributed by atoms with Crippen LogP contribution in [0.1, 0.15) is 11.5 Å². The molecule has 10 heteroatoms. The minimum atomic E-state index is -0.604. The lowest BCUT2D eigenvalue weighted by molar-refractivity contribution is -0.402. The van der Waals surface area contributed by atoms with E-state index in [2.05, 4.69) is 20.5 Å². The fourth-order valence-corrected chi connectivity index (χ4v) is 2.19. The molecule has 2 aromatic heterocycles. The van der Waals surface area contributed by atoms with Crippen LogP contribution in [0.5, 0.6) is 0 Å². The van der Waals surface area contributed by atoms with E-state index in [1.54, 1.807) is 6.07 Å². The van der Waals surface area contributed by atoms with Crippen LogP contribution in [0, 0.1) is 17.0 Å². The van der Waals surface area contributed by atoms with Crippen LogP contribution in [0.15, 0.2) is 27.7 Å². The second-order valence-electron chi connectivity index (χ2n) is 5.10. The number of morpholine rings is 1. The number of nitrogens with zero attached hydrogens (tertiary/aromatic N) is 5. The highest BCUT2D eigenvalue weighted by molar-refractivity contribution is 5.76. The number of ether oxygens (including phenoxy) is 1. The van der Waals surface area contributed by atoms with Crippen molar-refractivity contribution < 1.29 is 14.1 Å². The number of nitro groups is 1. The molecule has 1 saturated heterocycles. The highest BCUT2D eigenvalue weighted by Gasteiger charge is 2.15. The van der Waals surface area contributed by atoms with Crippen molar-refractivity contribution in [1.29, 1.82) is 0 Å². The van der Waals surface area contributed by atoms with E-state index in [9.17, 15) is 10.1 Å². The second kappa shape index (κ2) is 7.04. The lowest BCUT2D eigenvalue weighted by Gasteiger charge is -2.27. The molecule has 126 valence electrons. The average Bonchev–Trinajstić information content (AvgIpc) is 3.04. The molecule has 0 aliphatic carbocycles. The van der Waals surface area contributed by atoms with Crippen molar-refractivity contribution in [2.45, 2.75) is 6.92 Å². The Bertz CT molecular complexity index is 753. The number of aryl methyl sites for hydroxylation is 1. The summed E-state index contributed by atoms with van der Waals surface area (Å²) in [5, 5.41) is 14.5. The summed E-state index contributed by atoms with van der Waals surface area (Å²) in [4.78, 5) is 20.8. The number of anilines is 2. The van der Waals surface area contributed by atoms with Crippen molar-refractivity contribution in [1.82, 2.24) is 9.97 Å². The quantitative estimate of drug-likeness (QED) is 0.498. The van der Waals surface area contributed by atoms with Crippen LogP contribution in [0.4, 0.5) is 17.7 Å². The average molecular weight is 332 g/mol. The van der Waals surface area contributed by atoms with Gasteiger partial charge in [0.05, 0.1) is 25.5 Å². The van der Waals surface area contributed by atoms with Crippen LogP contribution in [0.2, 0.25) is 0 Å². The zero-order valence-electron chi connectivity index (χ0n) is 13.0. The third-order valence-corrected chi connectivity index (χ3v) is 3.30. The standard InChI is InChI=1S/C14H16N6O4/c1-10-8-12(17-14(16-10)19-4-6-23-7-5-19)18-15-9-11-2-3-13(24-11)20(21)22/h2-3,8-9H,4-7H2,1H3,(H,16,17,18)/b15-9+. The van der Waals surface area contributed by atoms with E-state index in [0.29, 0.717) is 25.0 Å². The zero-order chi connectivity index (χ0) is 16.9. The first kappa shape index (κ1) is 15.9. The molecule has 3 heterocycles. The summed E-state index contributed by atoms with van der Waals surface area (Å²) in [6.07, 6.45) is 1.35. The SMILES string of the molecule is Cc1cc(N/N=C/c2ccc([N+](=O)[O-])o2)nc(N2CCOCC2)n1. The molecule has 1 aliphatic heterocycles. The van der Waals surface area contributed by atoms with E-state index in [1.165, 1.54) is 18.3 Å². The molecule has 0 atom stereocenters. The minimum absolute atomic E-state index is 0.272. The van der Waals surface area contributed by atoms with Gasteiger partial charge in [0.2, 0.25) is 5.95 Å². The van der Waals surface area contributed by atoms with E-state index < -0.39 is 4.92 Å². The van der Waals surface area contributed by atoms with Gasteiger partial charge in [-0.25, -0.2) is 4.98 Å². The van der Waals surface area contributed by atoms with Crippen LogP contribution >= 0.6 is 0 Å². The van der Waals surface area contributed by atoms with E-state index in [1.807, 2.05) is 11.8 Å². The van der Waals surface area contributed by atoms with Gasteiger partial charge in [-0.3, -0.25) is 15.5 Å². The first-order valence-electron chi connectivity index (χ1n) is 7.33. The molecule has 0 bridgehead atoms. The van der Waals surface area contributed by atoms with Crippen LogP contribution < -0.4 is 10.3 Å². The fraction of sp³-hybridized carbons (Fsp3) is 0.357. The van der Waals surface area contributed by atoms with Crippen molar-refractivity contribution >= 4 is 23.9 Å². The fourth-order valence-electron chi connectivity index (χ4n) is 2.19. The predicted molar refractivity (Wildman–Crippen MR) is 86.4 cm³/mol. The predicted octanol–water partition coefficient (Wildman–Crippen LogP) is 1.57. The molecule has 0 spiro atoms. The van der Waals surface area contributed by atoms with Crippen molar-refractivity contribution in [3.63, 3.8) is 0 Å². The van der Waals surface area contributed by atoms with Gasteiger partial charge in [0.15, 0.2) is 11.6 Å². The first-order chi connectivity index (χ1) is 11.6. The maximum atomic E-state index is 10.6. The molecular weight excluding hydrogens is 316 g/mol. The monoisotopic (exact) mass is 332 g/mol. The number of rotatable bonds is 5. The number of hydrogen-bond acceptors (Lipinski definition) is 9. The maximum Gasteiger partial charge on any atom is 0.433 e. The molecule has 24 heavy (non-hydrogen) atoms. The van der Waals surface area contributed by atoms with E-state index >= 15 is 0 Å². The summed E-state index contributed by atoms with van der Waals surface area (Å²) in [6.45, 7) is 4.64.